The van der Waals surface area contributed by atoms with E-state index in [9.17, 15) is 9.59 Å². The summed E-state index contributed by atoms with van der Waals surface area (Å²) in [6.45, 7) is 5.36. The summed E-state index contributed by atoms with van der Waals surface area (Å²) in [6, 6.07) is 11.8. The summed E-state index contributed by atoms with van der Waals surface area (Å²) >= 11 is 1.71. The summed E-state index contributed by atoms with van der Waals surface area (Å²) in [6.07, 6.45) is 1.88. The molecule has 0 unspecified atom stereocenters. The average molecular weight is 357 g/mol. The highest BCUT2D eigenvalue weighted by atomic mass is 32.1. The van der Waals surface area contributed by atoms with Gasteiger partial charge in [-0.05, 0) is 37.1 Å². The van der Waals surface area contributed by atoms with E-state index in [2.05, 4.69) is 18.3 Å². The van der Waals surface area contributed by atoms with Crippen molar-refractivity contribution in [1.82, 2.24) is 14.5 Å². The molecular formula is C19H23N3O2S. The summed E-state index contributed by atoms with van der Waals surface area (Å²) in [5.41, 5.74) is 1.57. The zero-order valence-corrected chi connectivity index (χ0v) is 15.4. The maximum absolute atomic E-state index is 12.7. The maximum atomic E-state index is 12.7. The Morgan fingerprint density at radius 1 is 1.04 bits per heavy atom. The van der Waals surface area contributed by atoms with Crippen LogP contribution in [0.4, 0.5) is 0 Å². The largest absolute Gasteiger partial charge is 0.350 e. The third kappa shape index (κ3) is 3.69. The molecule has 3 aromatic rings. The van der Waals surface area contributed by atoms with E-state index in [-0.39, 0.29) is 18.1 Å². The van der Waals surface area contributed by atoms with Crippen LogP contribution in [0.3, 0.4) is 0 Å². The topological polar surface area (TPSA) is 56.0 Å². The molecule has 0 radical (unpaired) electrons. The van der Waals surface area contributed by atoms with Crippen molar-refractivity contribution in [1.29, 1.82) is 0 Å². The molecule has 132 valence electrons. The van der Waals surface area contributed by atoms with Gasteiger partial charge in [0, 0.05) is 16.3 Å². The molecule has 3 rings (SSSR count). The Kier molecular flexibility index (Phi) is 5.38. The molecule has 6 heteroatoms. The highest BCUT2D eigenvalue weighted by Gasteiger charge is 2.14. The van der Waals surface area contributed by atoms with Crippen LogP contribution in [0, 0.1) is 0 Å². The van der Waals surface area contributed by atoms with Crippen LogP contribution in [-0.2, 0) is 30.8 Å². The van der Waals surface area contributed by atoms with Crippen LogP contribution in [0.15, 0.2) is 41.2 Å². The lowest BCUT2D eigenvalue weighted by Crippen LogP contribution is -2.32. The number of benzene rings is 1. The number of imidazole rings is 1. The number of aryl methyl sites for hydroxylation is 2. The van der Waals surface area contributed by atoms with Crippen molar-refractivity contribution in [2.75, 3.05) is 0 Å². The van der Waals surface area contributed by atoms with E-state index >= 15 is 0 Å². The van der Waals surface area contributed by atoms with E-state index in [0.29, 0.717) is 13.1 Å². The molecule has 2 aromatic heterocycles. The molecule has 1 amide bonds. The number of amides is 1. The third-order valence-corrected chi connectivity index (χ3v) is 5.43. The summed E-state index contributed by atoms with van der Waals surface area (Å²) in [5.74, 6) is -0.145. The number of hydrogen-bond donors (Lipinski definition) is 1. The molecule has 0 bridgehead atoms. The number of nitrogens with one attached hydrogen (secondary N) is 1. The standard InChI is InChI=1S/C19H23N3O2S/c1-3-11-21-16-7-5-6-8-17(16)22(19(21)24)13-18(23)20-12-15-10-9-14(4-2)25-15/h5-10H,3-4,11-13H2,1-2H3,(H,20,23). The van der Waals surface area contributed by atoms with Gasteiger partial charge in [0.1, 0.15) is 6.54 Å². The van der Waals surface area contributed by atoms with Gasteiger partial charge in [-0.2, -0.15) is 0 Å². The lowest BCUT2D eigenvalue weighted by molar-refractivity contribution is -0.121. The van der Waals surface area contributed by atoms with E-state index in [1.165, 1.54) is 4.88 Å². The molecular weight excluding hydrogens is 334 g/mol. The van der Waals surface area contributed by atoms with E-state index in [4.69, 9.17) is 0 Å². The van der Waals surface area contributed by atoms with Gasteiger partial charge in [0.2, 0.25) is 5.91 Å². The van der Waals surface area contributed by atoms with Crippen molar-refractivity contribution in [2.24, 2.45) is 0 Å². The Balaban J connectivity index is 1.76. The van der Waals surface area contributed by atoms with Gasteiger partial charge in [0.15, 0.2) is 0 Å². The predicted octanol–water partition coefficient (Wildman–Crippen LogP) is 3.15. The predicted molar refractivity (Wildman–Crippen MR) is 102 cm³/mol. The number of fused-ring (bicyclic) bond motifs is 1. The summed E-state index contributed by atoms with van der Waals surface area (Å²) in [4.78, 5) is 27.5. The molecule has 0 spiro atoms. The van der Waals surface area contributed by atoms with Gasteiger partial charge in [-0.25, -0.2) is 4.79 Å². The second-order valence-electron chi connectivity index (χ2n) is 6.01. The molecule has 5 nitrogen and oxygen atoms in total. The van der Waals surface area contributed by atoms with Gasteiger partial charge in [0.05, 0.1) is 17.6 Å². The van der Waals surface area contributed by atoms with Crippen molar-refractivity contribution >= 4 is 28.3 Å². The fraction of sp³-hybridized carbons (Fsp3) is 0.368. The van der Waals surface area contributed by atoms with E-state index in [0.717, 1.165) is 28.8 Å². The van der Waals surface area contributed by atoms with E-state index in [1.54, 1.807) is 20.5 Å². The fourth-order valence-electron chi connectivity index (χ4n) is 2.96. The molecule has 2 heterocycles. The first-order chi connectivity index (χ1) is 12.1. The molecule has 1 N–H and O–H groups in total. The van der Waals surface area contributed by atoms with Gasteiger partial charge >= 0.3 is 5.69 Å². The van der Waals surface area contributed by atoms with Crippen molar-refractivity contribution in [3.8, 4) is 0 Å². The van der Waals surface area contributed by atoms with E-state index < -0.39 is 0 Å². The van der Waals surface area contributed by atoms with Gasteiger partial charge in [0.25, 0.3) is 0 Å². The highest BCUT2D eigenvalue weighted by molar-refractivity contribution is 7.11. The lowest BCUT2D eigenvalue weighted by Gasteiger charge is -2.05. The Hall–Kier alpha value is -2.34. The molecule has 0 saturated carbocycles. The third-order valence-electron chi connectivity index (χ3n) is 4.20. The number of nitrogens with zero attached hydrogens (tertiary/aromatic N) is 2. The quantitative estimate of drug-likeness (QED) is 0.706. The number of hydrogen-bond acceptors (Lipinski definition) is 3. The Bertz CT molecular complexity index is 936. The minimum Gasteiger partial charge on any atom is -0.350 e. The zero-order chi connectivity index (χ0) is 17.8. The number of carbonyl (C=O) groups is 1. The first-order valence-electron chi connectivity index (χ1n) is 8.66. The first-order valence-corrected chi connectivity index (χ1v) is 9.48. The van der Waals surface area contributed by atoms with Crippen molar-refractivity contribution in [3.63, 3.8) is 0 Å². The SMILES string of the molecule is CCCn1c(=O)n(CC(=O)NCc2ccc(CC)s2)c2ccccc21. The van der Waals surface area contributed by atoms with Crippen LogP contribution >= 0.6 is 11.3 Å². The van der Waals surface area contributed by atoms with Crippen LogP contribution in [0.25, 0.3) is 11.0 Å². The molecule has 0 fully saturated rings. The van der Waals surface area contributed by atoms with Crippen LogP contribution in [0.5, 0.6) is 0 Å². The summed E-state index contributed by atoms with van der Waals surface area (Å²) in [5, 5.41) is 2.92. The molecule has 0 saturated heterocycles. The van der Waals surface area contributed by atoms with Gasteiger partial charge in [-0.3, -0.25) is 13.9 Å². The van der Waals surface area contributed by atoms with Crippen molar-refractivity contribution in [2.45, 2.75) is 46.3 Å². The molecule has 0 atom stereocenters. The van der Waals surface area contributed by atoms with Gasteiger partial charge < -0.3 is 5.32 Å². The van der Waals surface area contributed by atoms with Crippen molar-refractivity contribution in [3.05, 3.63) is 56.6 Å². The normalized spacial score (nSPS) is 11.1. The number of aromatic nitrogens is 2. The van der Waals surface area contributed by atoms with Crippen LogP contribution < -0.4 is 11.0 Å². The lowest BCUT2D eigenvalue weighted by atomic mass is 10.3. The number of carbonyl (C=O) groups excluding carboxylic acids is 1. The van der Waals surface area contributed by atoms with Gasteiger partial charge in [-0.15, -0.1) is 11.3 Å². The monoisotopic (exact) mass is 357 g/mol. The molecule has 0 aliphatic carbocycles. The molecule has 0 aliphatic heterocycles. The Morgan fingerprint density at radius 2 is 1.72 bits per heavy atom. The van der Waals surface area contributed by atoms with Crippen molar-refractivity contribution < 1.29 is 4.79 Å². The number of rotatable bonds is 7. The zero-order valence-electron chi connectivity index (χ0n) is 14.6. The highest BCUT2D eigenvalue weighted by Crippen LogP contribution is 2.17. The Labute approximate surface area is 150 Å². The van der Waals surface area contributed by atoms with Crippen LogP contribution in [-0.4, -0.2) is 15.0 Å². The van der Waals surface area contributed by atoms with Crippen LogP contribution in [0.2, 0.25) is 0 Å². The molecule has 1 aromatic carbocycles. The smallest absolute Gasteiger partial charge is 0.329 e. The van der Waals surface area contributed by atoms with Crippen LogP contribution in [0.1, 0.15) is 30.0 Å². The molecule has 25 heavy (non-hydrogen) atoms. The number of thiophene rings is 1. The maximum Gasteiger partial charge on any atom is 0.329 e. The first kappa shape index (κ1) is 17.5. The average Bonchev–Trinajstić information content (AvgIpc) is 3.19. The second kappa shape index (κ2) is 7.70. The number of para-hydroxylation sites is 2. The fourth-order valence-corrected chi connectivity index (χ4v) is 3.86. The Morgan fingerprint density at radius 3 is 2.36 bits per heavy atom. The minimum atomic E-state index is -0.145. The summed E-state index contributed by atoms with van der Waals surface area (Å²) < 4.78 is 3.31. The van der Waals surface area contributed by atoms with Gasteiger partial charge in [-0.1, -0.05) is 26.0 Å². The molecule has 0 aliphatic rings. The summed E-state index contributed by atoms with van der Waals surface area (Å²) in [7, 11) is 0. The second-order valence-corrected chi connectivity index (χ2v) is 7.26. The van der Waals surface area contributed by atoms with E-state index in [1.807, 2.05) is 37.3 Å². The minimum absolute atomic E-state index is 0.0437.